The van der Waals surface area contributed by atoms with Crippen LogP contribution in [0.15, 0.2) is 32.0 Å². The summed E-state index contributed by atoms with van der Waals surface area (Å²) >= 11 is 3.20. The summed E-state index contributed by atoms with van der Waals surface area (Å²) in [7, 11) is 1.48. The second-order valence-electron chi connectivity index (χ2n) is 3.53. The molecule has 6 nitrogen and oxygen atoms in total. The van der Waals surface area contributed by atoms with E-state index in [2.05, 4.69) is 26.1 Å². The molecule has 0 aliphatic rings. The smallest absolute Gasteiger partial charge is 0.261 e. The Bertz CT molecular complexity index is 701. The zero-order valence-corrected chi connectivity index (χ0v) is 12.8. The molecule has 2 aromatic rings. The molecule has 0 saturated heterocycles. The highest BCUT2D eigenvalue weighted by molar-refractivity contribution is 9.10. The lowest BCUT2D eigenvalue weighted by atomic mass is 10.3. The van der Waals surface area contributed by atoms with Crippen LogP contribution in [0.25, 0.3) is 0 Å². The fourth-order valence-corrected chi connectivity index (χ4v) is 2.71. The lowest BCUT2D eigenvalue weighted by molar-refractivity contribution is 0.259. The molecule has 0 fully saturated rings. The average Bonchev–Trinajstić information content (AvgIpc) is 2.72. The van der Waals surface area contributed by atoms with Gasteiger partial charge in [0.2, 0.25) is 5.89 Å². The lowest BCUT2D eigenvalue weighted by Crippen LogP contribution is -1.98. The van der Waals surface area contributed by atoms with E-state index in [9.17, 15) is 8.42 Å². The largest absolute Gasteiger partial charge is 0.483 e. The van der Waals surface area contributed by atoms with Crippen molar-refractivity contribution in [2.75, 3.05) is 0 Å². The predicted octanol–water partition coefficient (Wildman–Crippen LogP) is 2.65. The molecule has 0 bridgehead atoms. The highest BCUT2D eigenvalue weighted by Gasteiger charge is 2.13. The van der Waals surface area contributed by atoms with Gasteiger partial charge in [-0.2, -0.15) is 0 Å². The Labute approximate surface area is 122 Å². The minimum Gasteiger partial charge on any atom is -0.483 e. The third kappa shape index (κ3) is 3.68. The van der Waals surface area contributed by atoms with Gasteiger partial charge >= 0.3 is 0 Å². The first-order valence-corrected chi connectivity index (χ1v) is 8.12. The van der Waals surface area contributed by atoms with Gasteiger partial charge in [-0.1, -0.05) is 0 Å². The van der Waals surface area contributed by atoms with E-state index in [0.717, 1.165) is 0 Å². The SMILES string of the molecule is Cc1nnc(COc2ccc(S(=O)(=O)Cl)cc2Br)o1. The Morgan fingerprint density at radius 2 is 2.16 bits per heavy atom. The van der Waals surface area contributed by atoms with Gasteiger partial charge in [-0.05, 0) is 34.1 Å². The van der Waals surface area contributed by atoms with Crippen molar-refractivity contribution in [3.8, 4) is 5.75 Å². The average molecular weight is 368 g/mol. The second-order valence-corrected chi connectivity index (χ2v) is 6.95. The zero-order valence-electron chi connectivity index (χ0n) is 9.63. The Hall–Kier alpha value is -1.12. The number of aryl methyl sites for hydroxylation is 1. The lowest BCUT2D eigenvalue weighted by Gasteiger charge is -2.06. The van der Waals surface area contributed by atoms with E-state index in [4.69, 9.17) is 19.8 Å². The fraction of sp³-hybridized carbons (Fsp3) is 0.200. The van der Waals surface area contributed by atoms with Gasteiger partial charge in [0.1, 0.15) is 5.75 Å². The van der Waals surface area contributed by atoms with Crippen LogP contribution in [0, 0.1) is 6.92 Å². The van der Waals surface area contributed by atoms with E-state index in [1.165, 1.54) is 18.2 Å². The summed E-state index contributed by atoms with van der Waals surface area (Å²) in [4.78, 5) is -0.0120. The monoisotopic (exact) mass is 366 g/mol. The van der Waals surface area contributed by atoms with Gasteiger partial charge in [0.05, 0.1) is 9.37 Å². The topological polar surface area (TPSA) is 82.3 Å². The quantitative estimate of drug-likeness (QED) is 0.773. The van der Waals surface area contributed by atoms with E-state index in [-0.39, 0.29) is 11.5 Å². The van der Waals surface area contributed by atoms with E-state index in [0.29, 0.717) is 22.0 Å². The van der Waals surface area contributed by atoms with Crippen LogP contribution >= 0.6 is 26.6 Å². The molecule has 1 aromatic heterocycles. The van der Waals surface area contributed by atoms with Gasteiger partial charge in [-0.15, -0.1) is 10.2 Å². The van der Waals surface area contributed by atoms with Gasteiger partial charge in [0.15, 0.2) is 6.61 Å². The predicted molar refractivity (Wildman–Crippen MR) is 70.5 cm³/mol. The minimum absolute atomic E-state index is 0.0120. The Balaban J connectivity index is 2.14. The van der Waals surface area contributed by atoms with Crippen LogP contribution < -0.4 is 4.74 Å². The Kier molecular flexibility index (Phi) is 4.12. The number of ether oxygens (including phenoxy) is 1. The van der Waals surface area contributed by atoms with Gasteiger partial charge in [-0.25, -0.2) is 8.42 Å². The summed E-state index contributed by atoms with van der Waals surface area (Å²) in [6.45, 7) is 1.76. The maximum atomic E-state index is 11.1. The van der Waals surface area contributed by atoms with Crippen molar-refractivity contribution in [2.45, 2.75) is 18.4 Å². The number of halogens is 2. The number of rotatable bonds is 4. The number of benzene rings is 1. The van der Waals surface area contributed by atoms with Gasteiger partial charge in [-0.3, -0.25) is 0 Å². The van der Waals surface area contributed by atoms with Gasteiger partial charge in [0.25, 0.3) is 14.9 Å². The second kappa shape index (κ2) is 5.48. The summed E-state index contributed by atoms with van der Waals surface area (Å²) in [5.41, 5.74) is 0. The van der Waals surface area contributed by atoms with Crippen LogP contribution in [0.1, 0.15) is 11.8 Å². The number of aromatic nitrogens is 2. The van der Waals surface area contributed by atoms with Crippen LogP contribution in [-0.4, -0.2) is 18.6 Å². The van der Waals surface area contributed by atoms with Crippen molar-refractivity contribution < 1.29 is 17.6 Å². The summed E-state index contributed by atoms with van der Waals surface area (Å²) in [6.07, 6.45) is 0. The number of hydrogen-bond donors (Lipinski definition) is 0. The minimum atomic E-state index is -3.76. The molecule has 0 N–H and O–H groups in total. The maximum absolute atomic E-state index is 11.1. The molecule has 0 saturated carbocycles. The first kappa shape index (κ1) is 14.3. The summed E-state index contributed by atoms with van der Waals surface area (Å²) < 4.78 is 33.3. The normalized spacial score (nSPS) is 11.5. The molecule has 102 valence electrons. The van der Waals surface area contributed by atoms with Crippen LogP contribution in [-0.2, 0) is 15.7 Å². The molecule has 0 atom stereocenters. The molecule has 19 heavy (non-hydrogen) atoms. The molecule has 1 heterocycles. The molecule has 0 unspecified atom stereocenters. The fourth-order valence-electron chi connectivity index (χ4n) is 1.29. The molecule has 0 spiro atoms. The molecule has 9 heteroatoms. The van der Waals surface area contributed by atoms with Crippen molar-refractivity contribution in [2.24, 2.45) is 0 Å². The third-order valence-corrected chi connectivity index (χ3v) is 4.08. The highest BCUT2D eigenvalue weighted by Crippen LogP contribution is 2.29. The Morgan fingerprint density at radius 3 is 2.68 bits per heavy atom. The van der Waals surface area contributed by atoms with E-state index < -0.39 is 9.05 Å². The molecule has 1 aromatic carbocycles. The van der Waals surface area contributed by atoms with Gasteiger partial charge in [0, 0.05) is 17.6 Å². The molecule has 2 rings (SSSR count). The van der Waals surface area contributed by atoms with Crippen LogP contribution in [0.5, 0.6) is 5.75 Å². The summed E-state index contributed by atoms with van der Waals surface area (Å²) in [6, 6.07) is 4.20. The highest BCUT2D eigenvalue weighted by atomic mass is 79.9. The molecule has 0 aliphatic heterocycles. The van der Waals surface area contributed by atoms with Crippen molar-refractivity contribution in [3.05, 3.63) is 34.5 Å². The maximum Gasteiger partial charge on any atom is 0.261 e. The van der Waals surface area contributed by atoms with E-state index >= 15 is 0 Å². The Morgan fingerprint density at radius 1 is 1.42 bits per heavy atom. The summed E-state index contributed by atoms with van der Waals surface area (Å²) in [5, 5.41) is 7.44. The first-order chi connectivity index (χ1) is 8.86. The first-order valence-electron chi connectivity index (χ1n) is 5.02. The van der Waals surface area contributed by atoms with Crippen molar-refractivity contribution >= 4 is 35.7 Å². The van der Waals surface area contributed by atoms with Crippen LogP contribution in [0.2, 0.25) is 0 Å². The third-order valence-electron chi connectivity index (χ3n) is 2.10. The molecule has 0 amide bonds. The standard InChI is InChI=1S/C10H8BrClN2O4S/c1-6-13-14-10(18-6)5-17-9-3-2-7(4-8(9)11)19(12,15)16/h2-4H,5H2,1H3. The zero-order chi connectivity index (χ0) is 14.0. The number of nitrogens with zero attached hydrogens (tertiary/aromatic N) is 2. The van der Waals surface area contributed by atoms with Gasteiger partial charge < -0.3 is 9.15 Å². The molecular formula is C10H8BrClN2O4S. The van der Waals surface area contributed by atoms with Crippen molar-refractivity contribution in [1.29, 1.82) is 0 Å². The molecule has 0 aliphatic carbocycles. The van der Waals surface area contributed by atoms with E-state index in [1.54, 1.807) is 6.92 Å². The molecule has 0 radical (unpaired) electrons. The van der Waals surface area contributed by atoms with E-state index in [1.807, 2.05) is 0 Å². The number of hydrogen-bond acceptors (Lipinski definition) is 6. The van der Waals surface area contributed by atoms with Crippen LogP contribution in [0.3, 0.4) is 0 Å². The van der Waals surface area contributed by atoms with Crippen molar-refractivity contribution in [3.63, 3.8) is 0 Å². The summed E-state index contributed by atoms with van der Waals surface area (Å²) in [5.74, 6) is 1.22. The molecular weight excluding hydrogens is 360 g/mol. The van der Waals surface area contributed by atoms with Crippen molar-refractivity contribution in [1.82, 2.24) is 10.2 Å². The van der Waals surface area contributed by atoms with Crippen LogP contribution in [0.4, 0.5) is 0 Å².